The number of imide groups is 1. The molecule has 4 rings (SSSR count). The largest absolute Gasteiger partial charge is 0.274 e. The van der Waals surface area contributed by atoms with Crippen LogP contribution in [0.2, 0.25) is 5.02 Å². The zero-order valence-electron chi connectivity index (χ0n) is 20.4. The molecule has 0 N–H and O–H groups in total. The minimum absolute atomic E-state index is 0.00285. The number of halogens is 1. The first kappa shape index (κ1) is 26.6. The molecule has 0 aliphatic carbocycles. The minimum atomic E-state index is -4.24. The SMILES string of the molecule is CCCCc1ccc(N(C(=O)CCCN2C(=O)c3ccccc3C2=O)S(=O)(=O)c2ccc(Cl)cc2)cc1. The standard InChI is InChI=1S/C28H27ClN2O5S/c1-2-3-7-20-11-15-22(16-12-20)31(37(35,36)23-17-13-21(29)14-18-23)26(32)10-6-19-30-27(33)24-8-4-5-9-25(24)28(30)34/h4-5,8-9,11-18H,2-3,6-7,10,19H2,1H3. The van der Waals surface area contributed by atoms with Gasteiger partial charge >= 0.3 is 0 Å². The van der Waals surface area contributed by atoms with Gasteiger partial charge in [0.2, 0.25) is 5.91 Å². The highest BCUT2D eigenvalue weighted by Gasteiger charge is 2.35. The molecule has 0 radical (unpaired) electrons. The van der Waals surface area contributed by atoms with Crippen molar-refractivity contribution in [2.45, 2.75) is 43.9 Å². The zero-order valence-corrected chi connectivity index (χ0v) is 22.0. The summed E-state index contributed by atoms with van der Waals surface area (Å²) in [5, 5.41) is 0.373. The van der Waals surface area contributed by atoms with Crippen LogP contribution in [0.4, 0.5) is 5.69 Å². The van der Waals surface area contributed by atoms with Crippen LogP contribution in [-0.4, -0.2) is 37.6 Å². The van der Waals surface area contributed by atoms with Crippen LogP contribution >= 0.6 is 11.6 Å². The fourth-order valence-electron chi connectivity index (χ4n) is 4.24. The van der Waals surface area contributed by atoms with Crippen LogP contribution in [-0.2, 0) is 21.2 Å². The van der Waals surface area contributed by atoms with Crippen molar-refractivity contribution in [3.8, 4) is 0 Å². The summed E-state index contributed by atoms with van der Waals surface area (Å²) < 4.78 is 27.9. The van der Waals surface area contributed by atoms with Gasteiger partial charge in [-0.15, -0.1) is 0 Å². The van der Waals surface area contributed by atoms with Crippen LogP contribution < -0.4 is 4.31 Å². The van der Waals surface area contributed by atoms with Gasteiger partial charge in [-0.3, -0.25) is 19.3 Å². The van der Waals surface area contributed by atoms with Gasteiger partial charge in [0.25, 0.3) is 21.8 Å². The molecule has 0 spiro atoms. The fraction of sp³-hybridized carbons (Fsp3) is 0.250. The van der Waals surface area contributed by atoms with Crippen LogP contribution in [0, 0.1) is 0 Å². The molecule has 3 aromatic rings. The first-order valence-electron chi connectivity index (χ1n) is 12.1. The van der Waals surface area contributed by atoms with Gasteiger partial charge in [-0.05, 0) is 73.4 Å². The maximum Gasteiger partial charge on any atom is 0.270 e. The predicted molar refractivity (Wildman–Crippen MR) is 142 cm³/mol. The van der Waals surface area contributed by atoms with Crippen molar-refractivity contribution in [2.75, 3.05) is 10.8 Å². The van der Waals surface area contributed by atoms with E-state index in [2.05, 4.69) is 6.92 Å². The molecule has 192 valence electrons. The maximum atomic E-state index is 13.6. The molecular formula is C28H27ClN2O5S. The molecule has 1 heterocycles. The molecule has 0 saturated heterocycles. The van der Waals surface area contributed by atoms with E-state index in [4.69, 9.17) is 11.6 Å². The number of carbonyl (C=O) groups is 3. The van der Waals surface area contributed by atoms with E-state index in [1.54, 1.807) is 36.4 Å². The van der Waals surface area contributed by atoms with E-state index >= 15 is 0 Å². The Morgan fingerprint density at radius 1 is 0.865 bits per heavy atom. The molecule has 1 aliphatic heterocycles. The molecule has 37 heavy (non-hydrogen) atoms. The first-order valence-corrected chi connectivity index (χ1v) is 13.9. The molecule has 0 unspecified atom stereocenters. The third-order valence-electron chi connectivity index (χ3n) is 6.22. The van der Waals surface area contributed by atoms with Crippen LogP contribution in [0.3, 0.4) is 0 Å². The zero-order chi connectivity index (χ0) is 26.6. The van der Waals surface area contributed by atoms with Crippen molar-refractivity contribution >= 4 is 45.0 Å². The molecule has 7 nitrogen and oxygen atoms in total. The highest BCUT2D eigenvalue weighted by Crippen LogP contribution is 2.28. The number of fused-ring (bicyclic) bond motifs is 1. The average molecular weight is 539 g/mol. The lowest BCUT2D eigenvalue weighted by molar-refractivity contribution is -0.117. The Morgan fingerprint density at radius 3 is 2.03 bits per heavy atom. The Balaban J connectivity index is 1.55. The highest BCUT2D eigenvalue weighted by atomic mass is 35.5. The van der Waals surface area contributed by atoms with E-state index in [1.807, 2.05) is 12.1 Å². The van der Waals surface area contributed by atoms with Gasteiger partial charge in [-0.1, -0.05) is 49.2 Å². The summed E-state index contributed by atoms with van der Waals surface area (Å²) in [6.45, 7) is 2.10. The maximum absolute atomic E-state index is 13.6. The molecule has 3 aromatic carbocycles. The second-order valence-electron chi connectivity index (χ2n) is 8.80. The van der Waals surface area contributed by atoms with E-state index < -0.39 is 27.7 Å². The number of anilines is 1. The van der Waals surface area contributed by atoms with Crippen LogP contribution in [0.5, 0.6) is 0 Å². The summed E-state index contributed by atoms with van der Waals surface area (Å²) >= 11 is 5.93. The number of amides is 3. The second kappa shape index (κ2) is 11.3. The van der Waals surface area contributed by atoms with Gasteiger partial charge in [0, 0.05) is 18.0 Å². The molecule has 0 saturated carbocycles. The normalized spacial score (nSPS) is 13.1. The van der Waals surface area contributed by atoms with Crippen LogP contribution in [0.1, 0.15) is 58.9 Å². The first-order chi connectivity index (χ1) is 17.7. The van der Waals surface area contributed by atoms with Crippen molar-refractivity contribution in [2.24, 2.45) is 0 Å². The minimum Gasteiger partial charge on any atom is -0.274 e. The number of hydrogen-bond acceptors (Lipinski definition) is 5. The number of aryl methyl sites for hydroxylation is 1. The quantitative estimate of drug-likeness (QED) is 0.319. The molecular weight excluding hydrogens is 512 g/mol. The van der Waals surface area contributed by atoms with Gasteiger partial charge in [0.15, 0.2) is 0 Å². The number of carbonyl (C=O) groups excluding carboxylic acids is 3. The van der Waals surface area contributed by atoms with Crippen molar-refractivity contribution in [3.63, 3.8) is 0 Å². The number of hydrogen-bond donors (Lipinski definition) is 0. The van der Waals surface area contributed by atoms with Crippen LogP contribution in [0.25, 0.3) is 0 Å². The van der Waals surface area contributed by atoms with Gasteiger partial charge in [0.05, 0.1) is 21.7 Å². The lowest BCUT2D eigenvalue weighted by Gasteiger charge is -2.23. The lowest BCUT2D eigenvalue weighted by Crippen LogP contribution is -2.38. The Bertz CT molecular complexity index is 1380. The number of unbranched alkanes of at least 4 members (excludes halogenated alkanes) is 1. The highest BCUT2D eigenvalue weighted by molar-refractivity contribution is 7.93. The molecule has 0 aromatic heterocycles. The van der Waals surface area contributed by atoms with Crippen LogP contribution in [0.15, 0.2) is 77.7 Å². The number of benzene rings is 3. The Kier molecular flexibility index (Phi) is 8.10. The summed E-state index contributed by atoms with van der Waals surface area (Å²) in [5.74, 6) is -1.49. The van der Waals surface area contributed by atoms with Gasteiger partial charge in [-0.25, -0.2) is 12.7 Å². The third kappa shape index (κ3) is 5.60. The van der Waals surface area contributed by atoms with E-state index in [-0.39, 0.29) is 30.0 Å². The molecule has 3 amide bonds. The number of sulfonamides is 1. The lowest BCUT2D eigenvalue weighted by atomic mass is 10.1. The summed E-state index contributed by atoms with van der Waals surface area (Å²) in [6, 6.07) is 19.0. The molecule has 1 aliphatic rings. The number of nitrogens with zero attached hydrogens (tertiary/aromatic N) is 2. The summed E-state index contributed by atoms with van der Waals surface area (Å²) in [5.41, 5.74) is 1.93. The third-order valence-corrected chi connectivity index (χ3v) is 8.23. The summed E-state index contributed by atoms with van der Waals surface area (Å²) in [4.78, 5) is 39.6. The van der Waals surface area contributed by atoms with E-state index in [0.29, 0.717) is 16.1 Å². The summed E-state index contributed by atoms with van der Waals surface area (Å²) in [7, 11) is -4.24. The Hall–Kier alpha value is -3.49. The van der Waals surface area contributed by atoms with Crippen molar-refractivity contribution in [1.29, 1.82) is 0 Å². The van der Waals surface area contributed by atoms with Gasteiger partial charge in [-0.2, -0.15) is 0 Å². The molecule has 0 fully saturated rings. The second-order valence-corrected chi connectivity index (χ2v) is 11.0. The van der Waals surface area contributed by atoms with Gasteiger partial charge < -0.3 is 0 Å². The average Bonchev–Trinajstić information content (AvgIpc) is 3.13. The smallest absolute Gasteiger partial charge is 0.270 e. The topological polar surface area (TPSA) is 91.8 Å². The van der Waals surface area contributed by atoms with Crippen molar-refractivity contribution < 1.29 is 22.8 Å². The monoisotopic (exact) mass is 538 g/mol. The van der Waals surface area contributed by atoms with Crippen molar-refractivity contribution in [1.82, 2.24) is 4.90 Å². The van der Waals surface area contributed by atoms with Crippen molar-refractivity contribution in [3.05, 3.63) is 94.5 Å². The van der Waals surface area contributed by atoms with E-state index in [9.17, 15) is 22.8 Å². The predicted octanol–water partition coefficient (Wildman–Crippen LogP) is 5.48. The van der Waals surface area contributed by atoms with Gasteiger partial charge in [0.1, 0.15) is 0 Å². The van der Waals surface area contributed by atoms with E-state index in [0.717, 1.165) is 34.0 Å². The number of rotatable bonds is 10. The molecule has 9 heteroatoms. The Labute approximate surface area is 221 Å². The Morgan fingerprint density at radius 2 is 1.46 bits per heavy atom. The van der Waals surface area contributed by atoms with E-state index in [1.165, 1.54) is 24.3 Å². The fourth-order valence-corrected chi connectivity index (χ4v) is 5.82. The summed E-state index contributed by atoms with van der Waals surface area (Å²) in [6.07, 6.45) is 2.82. The molecule has 0 bridgehead atoms. The molecule has 0 atom stereocenters.